The maximum atomic E-state index is 12.9. The van der Waals surface area contributed by atoms with E-state index in [-0.39, 0.29) is 36.3 Å². The summed E-state index contributed by atoms with van der Waals surface area (Å²) < 4.78 is 71.8. The topological polar surface area (TPSA) is 108 Å². The zero-order valence-corrected chi connectivity index (χ0v) is 18.5. The molecule has 1 aromatic heterocycles. The molecule has 1 aromatic carbocycles. The number of rotatable bonds is 8. The standard InChI is InChI=1S/C20H25F3N4O4S/c1-3-15-16(12-30-2)25-19(26-18(15)31-32(28,29)20(21,22)23)27-10-4-5-17(27)14-8-6-13(11-24)7-9-14/h6-9,17H,3-5,10-12,24H2,1-2H3/t17-/m0/s1. The molecule has 0 radical (unpaired) electrons. The largest absolute Gasteiger partial charge is 0.534 e. The first-order valence-corrected chi connectivity index (χ1v) is 11.5. The molecule has 176 valence electrons. The molecule has 1 atom stereocenters. The van der Waals surface area contributed by atoms with Gasteiger partial charge >= 0.3 is 15.6 Å². The fourth-order valence-corrected chi connectivity index (χ4v) is 4.12. The Morgan fingerprint density at radius 1 is 1.22 bits per heavy atom. The quantitative estimate of drug-likeness (QED) is 0.459. The Balaban J connectivity index is 2.05. The molecule has 0 bridgehead atoms. The monoisotopic (exact) mass is 474 g/mol. The molecule has 3 rings (SSSR count). The van der Waals surface area contributed by atoms with Crippen LogP contribution in [-0.4, -0.2) is 37.5 Å². The number of hydrogen-bond donors (Lipinski definition) is 1. The number of nitrogens with two attached hydrogens (primary N) is 1. The first-order chi connectivity index (χ1) is 15.1. The number of alkyl halides is 3. The van der Waals surface area contributed by atoms with Gasteiger partial charge < -0.3 is 19.6 Å². The van der Waals surface area contributed by atoms with E-state index in [0.717, 1.165) is 24.0 Å². The third kappa shape index (κ3) is 4.97. The first-order valence-electron chi connectivity index (χ1n) is 10.1. The molecular formula is C20H25F3N4O4S. The molecule has 1 saturated heterocycles. The molecule has 8 nitrogen and oxygen atoms in total. The van der Waals surface area contributed by atoms with E-state index in [1.54, 1.807) is 6.92 Å². The van der Waals surface area contributed by atoms with Crippen molar-refractivity contribution in [3.63, 3.8) is 0 Å². The van der Waals surface area contributed by atoms with Crippen LogP contribution in [0, 0.1) is 0 Å². The molecule has 0 aliphatic carbocycles. The van der Waals surface area contributed by atoms with Gasteiger partial charge in [-0.25, -0.2) is 4.98 Å². The molecule has 2 N–H and O–H groups in total. The highest BCUT2D eigenvalue weighted by Gasteiger charge is 2.49. The van der Waals surface area contributed by atoms with Crippen molar-refractivity contribution in [2.45, 2.75) is 50.9 Å². The van der Waals surface area contributed by atoms with Crippen LogP contribution < -0.4 is 14.8 Å². The number of anilines is 1. The summed E-state index contributed by atoms with van der Waals surface area (Å²) in [5.74, 6) is -0.543. The van der Waals surface area contributed by atoms with E-state index in [1.807, 2.05) is 29.2 Å². The van der Waals surface area contributed by atoms with Crippen molar-refractivity contribution in [3.05, 3.63) is 46.6 Å². The number of aromatic nitrogens is 2. The second-order valence-electron chi connectivity index (χ2n) is 7.32. The lowest BCUT2D eigenvalue weighted by Crippen LogP contribution is -2.30. The van der Waals surface area contributed by atoms with Crippen molar-refractivity contribution in [1.82, 2.24) is 9.97 Å². The molecular weight excluding hydrogens is 449 g/mol. The summed E-state index contributed by atoms with van der Waals surface area (Å²) in [6.07, 6.45) is 1.74. The third-order valence-electron chi connectivity index (χ3n) is 5.26. The molecule has 2 heterocycles. The summed E-state index contributed by atoms with van der Waals surface area (Å²) in [4.78, 5) is 10.4. The van der Waals surface area contributed by atoms with Gasteiger partial charge in [0.15, 0.2) is 0 Å². The van der Waals surface area contributed by atoms with Crippen molar-refractivity contribution < 1.29 is 30.5 Å². The molecule has 2 aromatic rings. The molecule has 0 spiro atoms. The van der Waals surface area contributed by atoms with Crippen molar-refractivity contribution in [2.75, 3.05) is 18.6 Å². The van der Waals surface area contributed by atoms with Gasteiger partial charge in [-0.05, 0) is 30.4 Å². The molecule has 0 unspecified atom stereocenters. The number of hydrogen-bond acceptors (Lipinski definition) is 8. The molecule has 1 aliphatic rings. The maximum absolute atomic E-state index is 12.9. The predicted octanol–water partition coefficient (Wildman–Crippen LogP) is 3.21. The van der Waals surface area contributed by atoms with Gasteiger partial charge in [-0.2, -0.15) is 26.6 Å². The summed E-state index contributed by atoms with van der Waals surface area (Å²) in [6, 6.07) is 7.57. The summed E-state index contributed by atoms with van der Waals surface area (Å²) in [5.41, 5.74) is 2.44. The molecule has 0 amide bonds. The maximum Gasteiger partial charge on any atom is 0.534 e. The Kier molecular flexibility index (Phi) is 7.25. The van der Waals surface area contributed by atoms with Crippen LogP contribution in [-0.2, 0) is 34.4 Å². The molecule has 32 heavy (non-hydrogen) atoms. The summed E-state index contributed by atoms with van der Waals surface area (Å²) in [6.45, 7) is 2.56. The van der Waals surface area contributed by atoms with Gasteiger partial charge in [0.25, 0.3) is 0 Å². The summed E-state index contributed by atoms with van der Waals surface area (Å²) >= 11 is 0. The normalized spacial score (nSPS) is 17.1. The first kappa shape index (κ1) is 24.2. The van der Waals surface area contributed by atoms with E-state index in [2.05, 4.69) is 14.2 Å². The van der Waals surface area contributed by atoms with E-state index in [0.29, 0.717) is 13.1 Å². The smallest absolute Gasteiger partial charge is 0.378 e. The number of ether oxygens (including phenoxy) is 1. The van der Waals surface area contributed by atoms with Crippen LogP contribution in [0.25, 0.3) is 0 Å². The highest BCUT2D eigenvalue weighted by molar-refractivity contribution is 7.87. The van der Waals surface area contributed by atoms with Gasteiger partial charge in [-0.1, -0.05) is 31.2 Å². The Morgan fingerprint density at radius 2 is 1.91 bits per heavy atom. The van der Waals surface area contributed by atoms with Crippen LogP contribution in [0.1, 0.15) is 48.2 Å². The van der Waals surface area contributed by atoms with Gasteiger partial charge in [0, 0.05) is 25.8 Å². The van der Waals surface area contributed by atoms with E-state index < -0.39 is 21.5 Å². The van der Waals surface area contributed by atoms with Crippen LogP contribution in [0.15, 0.2) is 24.3 Å². The Bertz CT molecular complexity index is 1050. The fraction of sp³-hybridized carbons (Fsp3) is 0.500. The van der Waals surface area contributed by atoms with Crippen LogP contribution in [0.2, 0.25) is 0 Å². The zero-order chi connectivity index (χ0) is 23.5. The van der Waals surface area contributed by atoms with Crippen molar-refractivity contribution in [2.24, 2.45) is 5.73 Å². The number of methoxy groups -OCH3 is 1. The van der Waals surface area contributed by atoms with Crippen molar-refractivity contribution in [3.8, 4) is 5.88 Å². The van der Waals surface area contributed by atoms with Gasteiger partial charge in [0.2, 0.25) is 11.8 Å². The second kappa shape index (κ2) is 9.59. The van der Waals surface area contributed by atoms with Crippen LogP contribution in [0.5, 0.6) is 5.88 Å². The fourth-order valence-electron chi connectivity index (χ4n) is 3.68. The number of halogens is 3. The molecule has 1 fully saturated rings. The zero-order valence-electron chi connectivity index (χ0n) is 17.7. The van der Waals surface area contributed by atoms with Crippen LogP contribution in [0.4, 0.5) is 19.1 Å². The molecule has 12 heteroatoms. The minimum atomic E-state index is -5.89. The minimum Gasteiger partial charge on any atom is -0.378 e. The van der Waals surface area contributed by atoms with E-state index in [4.69, 9.17) is 10.5 Å². The SMILES string of the molecule is CCc1c(COC)nc(N2CCC[C@H]2c2ccc(CN)cc2)nc1OS(=O)(=O)C(F)(F)F. The van der Waals surface area contributed by atoms with E-state index in [9.17, 15) is 21.6 Å². The summed E-state index contributed by atoms with van der Waals surface area (Å²) in [5, 5.41) is 0. The lowest BCUT2D eigenvalue weighted by atomic mass is 10.0. The lowest BCUT2D eigenvalue weighted by molar-refractivity contribution is -0.0501. The van der Waals surface area contributed by atoms with Gasteiger partial charge in [-0.3, -0.25) is 0 Å². The second-order valence-corrected chi connectivity index (χ2v) is 8.86. The number of nitrogens with zero attached hydrogens (tertiary/aromatic N) is 3. The van der Waals surface area contributed by atoms with Gasteiger partial charge in [-0.15, -0.1) is 0 Å². The van der Waals surface area contributed by atoms with Gasteiger partial charge in [0.05, 0.1) is 18.3 Å². The average molecular weight is 475 g/mol. The highest BCUT2D eigenvalue weighted by atomic mass is 32.2. The van der Waals surface area contributed by atoms with Crippen LogP contribution in [0.3, 0.4) is 0 Å². The van der Waals surface area contributed by atoms with Crippen LogP contribution >= 0.6 is 0 Å². The Labute approximate surface area is 184 Å². The van der Waals surface area contributed by atoms with Gasteiger partial charge in [0.1, 0.15) is 0 Å². The minimum absolute atomic E-state index is 0.0369. The molecule has 1 aliphatic heterocycles. The highest BCUT2D eigenvalue weighted by Crippen LogP contribution is 2.37. The Morgan fingerprint density at radius 3 is 2.47 bits per heavy atom. The summed E-state index contributed by atoms with van der Waals surface area (Å²) in [7, 11) is -4.48. The van der Waals surface area contributed by atoms with Crippen molar-refractivity contribution >= 4 is 16.1 Å². The lowest BCUT2D eigenvalue weighted by Gasteiger charge is -2.26. The average Bonchev–Trinajstić information content (AvgIpc) is 3.23. The Hall–Kier alpha value is -2.44. The molecule has 0 saturated carbocycles. The third-order valence-corrected chi connectivity index (χ3v) is 6.20. The van der Waals surface area contributed by atoms with E-state index in [1.165, 1.54) is 7.11 Å². The predicted molar refractivity (Wildman–Crippen MR) is 111 cm³/mol. The number of benzene rings is 1. The van der Waals surface area contributed by atoms with Crippen molar-refractivity contribution in [1.29, 1.82) is 0 Å². The van der Waals surface area contributed by atoms with E-state index >= 15 is 0 Å².